The zero-order chi connectivity index (χ0) is 13.0. The van der Waals surface area contributed by atoms with Gasteiger partial charge in [0.15, 0.2) is 0 Å². The molecule has 4 rings (SSSR count). The Balaban J connectivity index is 1.91. The van der Waals surface area contributed by atoms with Crippen LogP contribution in [0.1, 0.15) is 44.1 Å². The van der Waals surface area contributed by atoms with Gasteiger partial charge in [0.1, 0.15) is 11.6 Å². The maximum absolute atomic E-state index is 13.4. The summed E-state index contributed by atoms with van der Waals surface area (Å²) in [6.07, 6.45) is 3.63. The van der Waals surface area contributed by atoms with Crippen LogP contribution in [0.25, 0.3) is 11.0 Å². The van der Waals surface area contributed by atoms with Crippen LogP contribution in [0.2, 0.25) is 0 Å². The van der Waals surface area contributed by atoms with Crippen molar-refractivity contribution in [3.63, 3.8) is 0 Å². The van der Waals surface area contributed by atoms with Crippen LogP contribution in [0.3, 0.4) is 0 Å². The van der Waals surface area contributed by atoms with E-state index in [0.717, 1.165) is 23.4 Å². The number of nitrogens with one attached hydrogen (secondary N) is 1. The molecule has 3 nitrogen and oxygen atoms in total. The third-order valence-corrected chi connectivity index (χ3v) is 4.40. The molecule has 1 saturated heterocycles. The maximum Gasteiger partial charge on any atom is 0.127 e. The number of imidazole rings is 1. The molecule has 0 spiro atoms. The molecular weight excluding hydrogens is 241 g/mol. The van der Waals surface area contributed by atoms with Crippen molar-refractivity contribution < 1.29 is 4.39 Å². The minimum atomic E-state index is -0.202. The average Bonchev–Trinajstić information content (AvgIpc) is 3.03. The van der Waals surface area contributed by atoms with Gasteiger partial charge >= 0.3 is 0 Å². The maximum atomic E-state index is 13.4. The molecule has 2 heterocycles. The van der Waals surface area contributed by atoms with E-state index >= 15 is 0 Å². The molecule has 1 saturated carbocycles. The Labute approximate surface area is 111 Å². The van der Waals surface area contributed by atoms with Crippen molar-refractivity contribution in [3.8, 4) is 0 Å². The van der Waals surface area contributed by atoms with E-state index in [9.17, 15) is 4.39 Å². The van der Waals surface area contributed by atoms with Crippen LogP contribution in [-0.2, 0) is 0 Å². The summed E-state index contributed by atoms with van der Waals surface area (Å²) in [6, 6.07) is 5.85. The van der Waals surface area contributed by atoms with Gasteiger partial charge in [0.25, 0.3) is 0 Å². The molecule has 2 atom stereocenters. The topological polar surface area (TPSA) is 29.9 Å². The molecule has 100 valence electrons. The van der Waals surface area contributed by atoms with Crippen molar-refractivity contribution >= 4 is 11.0 Å². The molecule has 4 heteroatoms. The largest absolute Gasteiger partial charge is 0.324 e. The monoisotopic (exact) mass is 259 g/mol. The van der Waals surface area contributed by atoms with Crippen molar-refractivity contribution in [2.24, 2.45) is 5.92 Å². The number of hydrogen-bond donors (Lipinski definition) is 1. The summed E-state index contributed by atoms with van der Waals surface area (Å²) in [5, 5.41) is 3.54. The summed E-state index contributed by atoms with van der Waals surface area (Å²) in [4.78, 5) is 4.73. The Morgan fingerprint density at radius 3 is 2.84 bits per heavy atom. The Kier molecular flexibility index (Phi) is 2.42. The van der Waals surface area contributed by atoms with E-state index in [1.807, 2.05) is 6.07 Å². The highest BCUT2D eigenvalue weighted by molar-refractivity contribution is 5.76. The summed E-state index contributed by atoms with van der Waals surface area (Å²) in [7, 11) is 0. The molecule has 1 aliphatic heterocycles. The first-order valence-electron chi connectivity index (χ1n) is 7.15. The molecule has 1 aliphatic carbocycles. The standard InChI is InChI=1S/C15H18FN3/c1-9-6-7-17-14(9)15-18-12-8-10(16)2-5-13(12)19(15)11-3-4-11/h2,5,8-9,11,14,17H,3-4,6-7H2,1H3. The highest BCUT2D eigenvalue weighted by atomic mass is 19.1. The molecule has 19 heavy (non-hydrogen) atoms. The van der Waals surface area contributed by atoms with Crippen LogP contribution < -0.4 is 5.32 Å². The number of benzene rings is 1. The first-order chi connectivity index (χ1) is 9.24. The average molecular weight is 259 g/mol. The summed E-state index contributed by atoms with van der Waals surface area (Å²) in [5.74, 6) is 1.50. The van der Waals surface area contributed by atoms with Gasteiger partial charge in [0, 0.05) is 12.1 Å². The summed E-state index contributed by atoms with van der Waals surface area (Å²) in [6.45, 7) is 3.32. The number of fused-ring (bicyclic) bond motifs is 1. The van der Waals surface area contributed by atoms with Gasteiger partial charge < -0.3 is 9.88 Å². The minimum absolute atomic E-state index is 0.202. The number of hydrogen-bond acceptors (Lipinski definition) is 2. The molecule has 2 aromatic rings. The Hall–Kier alpha value is -1.42. The van der Waals surface area contributed by atoms with E-state index in [2.05, 4.69) is 16.8 Å². The van der Waals surface area contributed by atoms with E-state index in [1.54, 1.807) is 6.07 Å². The number of rotatable bonds is 2. The number of nitrogens with zero attached hydrogens (tertiary/aromatic N) is 2. The summed E-state index contributed by atoms with van der Waals surface area (Å²) < 4.78 is 15.7. The van der Waals surface area contributed by atoms with Crippen LogP contribution in [0.5, 0.6) is 0 Å². The van der Waals surface area contributed by atoms with Gasteiger partial charge in [-0.15, -0.1) is 0 Å². The zero-order valence-corrected chi connectivity index (χ0v) is 11.1. The molecule has 2 fully saturated rings. The second kappa shape index (κ2) is 4.04. The molecule has 0 radical (unpaired) electrons. The lowest BCUT2D eigenvalue weighted by molar-refractivity contribution is 0.460. The van der Waals surface area contributed by atoms with Gasteiger partial charge in [-0.2, -0.15) is 0 Å². The highest BCUT2D eigenvalue weighted by Gasteiger charge is 2.34. The molecule has 0 bridgehead atoms. The van der Waals surface area contributed by atoms with Crippen molar-refractivity contribution in [2.75, 3.05) is 6.54 Å². The van der Waals surface area contributed by atoms with Crippen molar-refractivity contribution in [1.82, 2.24) is 14.9 Å². The fraction of sp³-hybridized carbons (Fsp3) is 0.533. The van der Waals surface area contributed by atoms with Gasteiger partial charge in [-0.05, 0) is 43.9 Å². The summed E-state index contributed by atoms with van der Waals surface area (Å²) in [5.41, 5.74) is 1.88. The van der Waals surface area contributed by atoms with Gasteiger partial charge in [-0.25, -0.2) is 9.37 Å². The molecule has 0 amide bonds. The zero-order valence-electron chi connectivity index (χ0n) is 11.1. The lowest BCUT2D eigenvalue weighted by Gasteiger charge is -2.17. The quantitative estimate of drug-likeness (QED) is 0.897. The Morgan fingerprint density at radius 2 is 2.16 bits per heavy atom. The van der Waals surface area contributed by atoms with E-state index < -0.39 is 0 Å². The van der Waals surface area contributed by atoms with Crippen molar-refractivity contribution in [1.29, 1.82) is 0 Å². The van der Waals surface area contributed by atoms with Crippen molar-refractivity contribution in [3.05, 3.63) is 29.8 Å². The van der Waals surface area contributed by atoms with Gasteiger partial charge in [-0.3, -0.25) is 0 Å². The van der Waals surface area contributed by atoms with Crippen LogP contribution in [0.4, 0.5) is 4.39 Å². The van der Waals surface area contributed by atoms with E-state index in [4.69, 9.17) is 4.98 Å². The Bertz CT molecular complexity index is 630. The van der Waals surface area contributed by atoms with E-state index in [1.165, 1.54) is 25.3 Å². The van der Waals surface area contributed by atoms with Gasteiger partial charge in [0.05, 0.1) is 17.1 Å². The van der Waals surface area contributed by atoms with Crippen molar-refractivity contribution in [2.45, 2.75) is 38.3 Å². The second-order valence-corrected chi connectivity index (χ2v) is 5.90. The molecule has 2 aliphatic rings. The highest BCUT2D eigenvalue weighted by Crippen LogP contribution is 2.42. The first kappa shape index (κ1) is 11.4. The van der Waals surface area contributed by atoms with Gasteiger partial charge in [-0.1, -0.05) is 6.92 Å². The molecule has 1 aromatic carbocycles. The first-order valence-corrected chi connectivity index (χ1v) is 7.15. The second-order valence-electron chi connectivity index (χ2n) is 5.90. The fourth-order valence-corrected chi connectivity index (χ4v) is 3.21. The van der Waals surface area contributed by atoms with Crippen LogP contribution >= 0.6 is 0 Å². The minimum Gasteiger partial charge on any atom is -0.324 e. The summed E-state index contributed by atoms with van der Waals surface area (Å²) >= 11 is 0. The molecule has 1 aromatic heterocycles. The SMILES string of the molecule is CC1CCNC1c1nc2cc(F)ccc2n1C1CC1. The third-order valence-electron chi connectivity index (χ3n) is 4.40. The van der Waals surface area contributed by atoms with Crippen LogP contribution in [0, 0.1) is 11.7 Å². The predicted octanol–water partition coefficient (Wildman–Crippen LogP) is 3.18. The lowest BCUT2D eigenvalue weighted by atomic mass is 10.0. The smallest absolute Gasteiger partial charge is 0.127 e. The normalized spacial score (nSPS) is 27.3. The molecule has 1 N–H and O–H groups in total. The number of aromatic nitrogens is 2. The predicted molar refractivity (Wildman–Crippen MR) is 72.5 cm³/mol. The number of halogens is 1. The van der Waals surface area contributed by atoms with Gasteiger partial charge in [0.2, 0.25) is 0 Å². The lowest BCUT2D eigenvalue weighted by Crippen LogP contribution is -2.21. The third kappa shape index (κ3) is 1.77. The van der Waals surface area contributed by atoms with E-state index in [0.29, 0.717) is 18.0 Å². The Morgan fingerprint density at radius 1 is 1.32 bits per heavy atom. The van der Waals surface area contributed by atoms with Crippen LogP contribution in [0.15, 0.2) is 18.2 Å². The fourth-order valence-electron chi connectivity index (χ4n) is 3.21. The van der Waals surface area contributed by atoms with E-state index in [-0.39, 0.29) is 5.82 Å². The van der Waals surface area contributed by atoms with Crippen LogP contribution in [-0.4, -0.2) is 16.1 Å². The molecular formula is C15H18FN3. The molecule has 2 unspecified atom stereocenters.